The molecule has 0 saturated heterocycles. The number of para-hydroxylation sites is 1. The molecule has 0 saturated carbocycles. The van der Waals surface area contributed by atoms with Gasteiger partial charge in [0, 0.05) is 18.2 Å². The van der Waals surface area contributed by atoms with Crippen LogP contribution >= 0.6 is 0 Å². The van der Waals surface area contributed by atoms with Crippen LogP contribution in [0.4, 0.5) is 5.95 Å². The molecule has 0 aliphatic rings. The fourth-order valence-corrected chi connectivity index (χ4v) is 2.58. The Hall–Kier alpha value is -3.22. The molecular formula is C18H19N3O4. The quantitative estimate of drug-likeness (QED) is 0.717. The normalized spacial score (nSPS) is 10.5. The van der Waals surface area contributed by atoms with Gasteiger partial charge in [0.2, 0.25) is 5.95 Å². The first-order valence-corrected chi connectivity index (χ1v) is 7.68. The van der Waals surface area contributed by atoms with E-state index in [4.69, 9.17) is 14.2 Å². The largest absolute Gasteiger partial charge is 0.496 e. The van der Waals surface area contributed by atoms with Crippen LogP contribution in [0, 0.1) is 0 Å². The second-order valence-corrected chi connectivity index (χ2v) is 5.30. The van der Waals surface area contributed by atoms with Crippen molar-refractivity contribution in [2.45, 2.75) is 6.54 Å². The first-order valence-electron chi connectivity index (χ1n) is 7.68. The molecule has 0 fully saturated rings. The van der Waals surface area contributed by atoms with E-state index in [-0.39, 0.29) is 5.56 Å². The van der Waals surface area contributed by atoms with Gasteiger partial charge in [-0.15, -0.1) is 0 Å². The average molecular weight is 341 g/mol. The van der Waals surface area contributed by atoms with Crippen LogP contribution in [0.2, 0.25) is 0 Å². The number of methoxy groups -OCH3 is 3. The monoisotopic (exact) mass is 341 g/mol. The fraction of sp³-hybridized carbons (Fsp3) is 0.222. The fourth-order valence-electron chi connectivity index (χ4n) is 2.58. The molecule has 0 radical (unpaired) electrons. The second-order valence-electron chi connectivity index (χ2n) is 5.30. The van der Waals surface area contributed by atoms with Crippen molar-refractivity contribution in [3.8, 4) is 17.2 Å². The number of aromatic nitrogens is 2. The molecule has 0 aliphatic heterocycles. The molecular weight excluding hydrogens is 322 g/mol. The minimum atomic E-state index is -0.188. The van der Waals surface area contributed by atoms with Gasteiger partial charge < -0.3 is 19.5 Å². The predicted octanol–water partition coefficient (Wildman–Crippen LogP) is 2.56. The number of anilines is 1. The van der Waals surface area contributed by atoms with Gasteiger partial charge in [0.05, 0.1) is 32.2 Å². The molecule has 0 aliphatic carbocycles. The number of benzene rings is 2. The Bertz CT molecular complexity index is 953. The molecule has 1 aromatic heterocycles. The Morgan fingerprint density at radius 1 is 1.00 bits per heavy atom. The van der Waals surface area contributed by atoms with Gasteiger partial charge in [-0.1, -0.05) is 12.1 Å². The standard InChI is InChI=1S/C18H19N3O4/c1-23-14-9-16(25-3)15(24-2)8-11(14)10-19-18-20-13-7-5-4-6-12(13)17(22)21-18/h4-9H,10H2,1-3H3,(H2,19,20,21,22). The van der Waals surface area contributed by atoms with Crippen molar-refractivity contribution < 1.29 is 14.2 Å². The Morgan fingerprint density at radius 2 is 1.68 bits per heavy atom. The molecule has 3 rings (SSSR count). The second kappa shape index (κ2) is 7.12. The third-order valence-corrected chi connectivity index (χ3v) is 3.85. The Labute approximate surface area is 144 Å². The first kappa shape index (κ1) is 16.6. The molecule has 2 aromatic carbocycles. The van der Waals surface area contributed by atoms with Gasteiger partial charge in [-0.2, -0.15) is 0 Å². The van der Waals surface area contributed by atoms with Crippen LogP contribution in [-0.4, -0.2) is 31.3 Å². The summed E-state index contributed by atoms with van der Waals surface area (Å²) >= 11 is 0. The number of hydrogen-bond acceptors (Lipinski definition) is 6. The number of nitrogens with one attached hydrogen (secondary N) is 2. The van der Waals surface area contributed by atoms with Gasteiger partial charge in [-0.3, -0.25) is 9.78 Å². The Morgan fingerprint density at radius 3 is 2.40 bits per heavy atom. The van der Waals surface area contributed by atoms with Crippen LogP contribution in [0.3, 0.4) is 0 Å². The molecule has 1 heterocycles. The maximum Gasteiger partial charge on any atom is 0.260 e. The van der Waals surface area contributed by atoms with Crippen molar-refractivity contribution in [2.24, 2.45) is 0 Å². The van der Waals surface area contributed by atoms with Crippen molar-refractivity contribution in [1.82, 2.24) is 9.97 Å². The minimum absolute atomic E-state index is 0.188. The van der Waals surface area contributed by atoms with E-state index in [2.05, 4.69) is 15.3 Å². The highest BCUT2D eigenvalue weighted by Gasteiger charge is 2.12. The maximum atomic E-state index is 12.1. The molecule has 130 valence electrons. The molecule has 0 amide bonds. The van der Waals surface area contributed by atoms with Gasteiger partial charge in [0.25, 0.3) is 5.56 Å². The lowest BCUT2D eigenvalue weighted by Gasteiger charge is -2.14. The zero-order valence-corrected chi connectivity index (χ0v) is 14.3. The van der Waals surface area contributed by atoms with E-state index >= 15 is 0 Å². The summed E-state index contributed by atoms with van der Waals surface area (Å²) in [6, 6.07) is 10.8. The molecule has 25 heavy (non-hydrogen) atoms. The number of H-pyrrole nitrogens is 1. The van der Waals surface area contributed by atoms with E-state index in [9.17, 15) is 4.79 Å². The van der Waals surface area contributed by atoms with E-state index in [0.717, 1.165) is 5.56 Å². The zero-order chi connectivity index (χ0) is 17.8. The Balaban J connectivity index is 1.90. The maximum absolute atomic E-state index is 12.1. The lowest BCUT2D eigenvalue weighted by atomic mass is 10.1. The predicted molar refractivity (Wildman–Crippen MR) is 95.8 cm³/mol. The molecule has 3 aromatic rings. The molecule has 0 atom stereocenters. The van der Waals surface area contributed by atoms with Crippen molar-refractivity contribution >= 4 is 16.9 Å². The van der Waals surface area contributed by atoms with E-state index in [1.807, 2.05) is 12.1 Å². The van der Waals surface area contributed by atoms with Gasteiger partial charge >= 0.3 is 0 Å². The third kappa shape index (κ3) is 3.35. The van der Waals surface area contributed by atoms with Crippen molar-refractivity contribution in [3.05, 3.63) is 52.3 Å². The topological polar surface area (TPSA) is 85.5 Å². The number of rotatable bonds is 6. The first-order chi connectivity index (χ1) is 12.2. The summed E-state index contributed by atoms with van der Waals surface area (Å²) in [6.45, 7) is 0.394. The number of nitrogens with zero attached hydrogens (tertiary/aromatic N) is 1. The van der Waals surface area contributed by atoms with Gasteiger partial charge in [-0.05, 0) is 18.2 Å². The smallest absolute Gasteiger partial charge is 0.260 e. The summed E-state index contributed by atoms with van der Waals surface area (Å²) in [4.78, 5) is 19.3. The number of fused-ring (bicyclic) bond motifs is 1. The average Bonchev–Trinajstić information content (AvgIpc) is 2.65. The summed E-state index contributed by atoms with van der Waals surface area (Å²) in [7, 11) is 4.73. The van der Waals surface area contributed by atoms with Crippen LogP contribution < -0.4 is 25.1 Å². The Kier molecular flexibility index (Phi) is 4.74. The molecule has 0 bridgehead atoms. The SMILES string of the molecule is COc1cc(OC)c(OC)cc1CNc1nc2ccccc2c(=O)[nH]1. The molecule has 0 spiro atoms. The zero-order valence-electron chi connectivity index (χ0n) is 14.3. The lowest BCUT2D eigenvalue weighted by Crippen LogP contribution is -2.13. The van der Waals surface area contributed by atoms with Crippen molar-refractivity contribution in [1.29, 1.82) is 0 Å². The van der Waals surface area contributed by atoms with Crippen LogP contribution in [0.25, 0.3) is 10.9 Å². The van der Waals surface area contributed by atoms with Crippen LogP contribution in [0.15, 0.2) is 41.2 Å². The van der Waals surface area contributed by atoms with E-state index in [1.54, 1.807) is 45.6 Å². The molecule has 7 nitrogen and oxygen atoms in total. The summed E-state index contributed by atoms with van der Waals surface area (Å²) in [5.74, 6) is 2.22. The summed E-state index contributed by atoms with van der Waals surface area (Å²) in [6.07, 6.45) is 0. The third-order valence-electron chi connectivity index (χ3n) is 3.85. The molecule has 7 heteroatoms. The van der Waals surface area contributed by atoms with Gasteiger partial charge in [0.1, 0.15) is 5.75 Å². The summed E-state index contributed by atoms with van der Waals surface area (Å²) in [5.41, 5.74) is 1.29. The minimum Gasteiger partial charge on any atom is -0.496 e. The number of hydrogen-bond donors (Lipinski definition) is 2. The van der Waals surface area contributed by atoms with Crippen molar-refractivity contribution in [3.63, 3.8) is 0 Å². The lowest BCUT2D eigenvalue weighted by molar-refractivity contribution is 0.347. The number of ether oxygens (including phenoxy) is 3. The van der Waals surface area contributed by atoms with Crippen molar-refractivity contribution in [2.75, 3.05) is 26.6 Å². The highest BCUT2D eigenvalue weighted by molar-refractivity contribution is 5.78. The van der Waals surface area contributed by atoms with E-state index in [1.165, 1.54) is 0 Å². The van der Waals surface area contributed by atoms with Gasteiger partial charge in [0.15, 0.2) is 11.5 Å². The number of aromatic amines is 1. The van der Waals surface area contributed by atoms with Crippen LogP contribution in [-0.2, 0) is 6.54 Å². The summed E-state index contributed by atoms with van der Waals surface area (Å²) < 4.78 is 16.0. The summed E-state index contributed by atoms with van der Waals surface area (Å²) in [5, 5.41) is 3.67. The van der Waals surface area contributed by atoms with Crippen LogP contribution in [0.5, 0.6) is 17.2 Å². The molecule has 0 unspecified atom stereocenters. The highest BCUT2D eigenvalue weighted by Crippen LogP contribution is 2.34. The van der Waals surface area contributed by atoms with Gasteiger partial charge in [-0.25, -0.2) is 4.98 Å². The van der Waals surface area contributed by atoms with Crippen LogP contribution in [0.1, 0.15) is 5.56 Å². The molecule has 2 N–H and O–H groups in total. The van der Waals surface area contributed by atoms with E-state index < -0.39 is 0 Å². The van der Waals surface area contributed by atoms with E-state index in [0.29, 0.717) is 40.6 Å². The highest BCUT2D eigenvalue weighted by atomic mass is 16.5.